The average Bonchev–Trinajstić information content (AvgIpc) is 2.55. The zero-order chi connectivity index (χ0) is 19.1. The first kappa shape index (κ1) is 21.9. The van der Waals surface area contributed by atoms with Crippen LogP contribution in [0.15, 0.2) is 48.5 Å². The summed E-state index contributed by atoms with van der Waals surface area (Å²) in [5.41, 5.74) is 2.81. The first-order valence-corrected chi connectivity index (χ1v) is 10.5. The molecule has 2 aromatic rings. The van der Waals surface area contributed by atoms with E-state index in [4.69, 9.17) is 0 Å². The molecule has 0 N–H and O–H groups in total. The maximum absolute atomic E-state index is 10.2. The van der Waals surface area contributed by atoms with Crippen LogP contribution >= 0.6 is 22.6 Å². The number of halogens is 1. The fourth-order valence-electron chi connectivity index (χ4n) is 2.00. The summed E-state index contributed by atoms with van der Waals surface area (Å²) < 4.78 is 36.0. The Morgan fingerprint density at radius 3 is 1.92 bits per heavy atom. The van der Waals surface area contributed by atoms with Gasteiger partial charge >= 0.3 is 0 Å². The van der Waals surface area contributed by atoms with Gasteiger partial charge in [0.25, 0.3) is 10.4 Å². The van der Waals surface area contributed by atoms with Gasteiger partial charge in [-0.2, -0.15) is 0 Å². The molecule has 0 saturated heterocycles. The largest absolute Gasteiger partial charge is 0.716 e. The Morgan fingerprint density at radius 1 is 1.00 bits per heavy atom. The summed E-state index contributed by atoms with van der Waals surface area (Å²) in [7, 11) is -4.65. The van der Waals surface area contributed by atoms with E-state index >= 15 is 0 Å². The predicted molar refractivity (Wildman–Crippen MR) is 109 cm³/mol. The topological polar surface area (TPSA) is 66.4 Å². The third kappa shape index (κ3) is 8.20. The molecule has 6 heteroatoms. The van der Waals surface area contributed by atoms with Crippen LogP contribution in [-0.4, -0.2) is 13.0 Å². The number of aryl methyl sites for hydroxylation is 1. The summed E-state index contributed by atoms with van der Waals surface area (Å²) in [4.78, 5) is 0. The molecule has 0 aliphatic heterocycles. The molecular formula is C19H24IO4S-. The normalized spacial score (nSPS) is 11.4. The highest BCUT2D eigenvalue weighted by Gasteiger charge is 2.16. The van der Waals surface area contributed by atoms with Crippen molar-refractivity contribution >= 4 is 33.0 Å². The zero-order valence-electron chi connectivity index (χ0n) is 15.0. The van der Waals surface area contributed by atoms with E-state index in [-0.39, 0.29) is 5.75 Å². The molecule has 138 valence electrons. The Kier molecular flexibility index (Phi) is 8.37. The van der Waals surface area contributed by atoms with E-state index in [0.29, 0.717) is 5.41 Å². The molecule has 0 saturated carbocycles. The minimum atomic E-state index is -4.65. The van der Waals surface area contributed by atoms with Crippen molar-refractivity contribution in [3.8, 4) is 5.75 Å². The van der Waals surface area contributed by atoms with Crippen LogP contribution in [0.1, 0.15) is 45.2 Å². The van der Waals surface area contributed by atoms with Crippen LogP contribution in [0.5, 0.6) is 5.75 Å². The molecule has 0 heterocycles. The van der Waals surface area contributed by atoms with Gasteiger partial charge in [0.05, 0.1) is 0 Å². The van der Waals surface area contributed by atoms with Crippen molar-refractivity contribution in [3.63, 3.8) is 0 Å². The number of rotatable bonds is 5. The SMILES string of the molecule is CCC(C)(C)c1ccc(I)cc1.CCc1ccc(OS(=O)(=O)[O-])cc1. The molecule has 2 rings (SSSR count). The molecule has 0 radical (unpaired) electrons. The van der Waals surface area contributed by atoms with Gasteiger partial charge in [0.2, 0.25) is 0 Å². The second-order valence-corrected chi connectivity index (χ2v) is 8.46. The second-order valence-electron chi connectivity index (χ2n) is 6.23. The lowest BCUT2D eigenvalue weighted by Crippen LogP contribution is -2.14. The monoisotopic (exact) mass is 475 g/mol. The molecule has 0 aliphatic rings. The Hall–Kier alpha value is -1.12. The predicted octanol–water partition coefficient (Wildman–Crippen LogP) is 5.07. The molecule has 0 unspecified atom stereocenters. The molecule has 0 aromatic heterocycles. The maximum Gasteiger partial charge on any atom is 0.262 e. The van der Waals surface area contributed by atoms with Gasteiger partial charge in [0, 0.05) is 3.57 Å². The van der Waals surface area contributed by atoms with Crippen LogP contribution in [0.25, 0.3) is 0 Å². The first-order chi connectivity index (χ1) is 11.6. The van der Waals surface area contributed by atoms with Crippen LogP contribution in [0.2, 0.25) is 0 Å². The molecule has 4 nitrogen and oxygen atoms in total. The molecule has 0 spiro atoms. The van der Waals surface area contributed by atoms with E-state index in [1.54, 1.807) is 12.1 Å². The Balaban J connectivity index is 0.000000251. The maximum atomic E-state index is 10.2. The van der Waals surface area contributed by atoms with Gasteiger partial charge in [0.15, 0.2) is 0 Å². The van der Waals surface area contributed by atoms with E-state index in [0.717, 1.165) is 12.0 Å². The number of hydrogen-bond donors (Lipinski definition) is 0. The summed E-state index contributed by atoms with van der Waals surface area (Å²) in [6.45, 7) is 8.78. The molecule has 0 amide bonds. The molecule has 25 heavy (non-hydrogen) atoms. The third-order valence-electron chi connectivity index (χ3n) is 4.04. The van der Waals surface area contributed by atoms with Crippen molar-refractivity contribution in [3.05, 3.63) is 63.2 Å². The van der Waals surface area contributed by atoms with Crippen molar-refractivity contribution in [2.75, 3.05) is 0 Å². The van der Waals surface area contributed by atoms with Gasteiger partial charge in [-0.05, 0) is 76.2 Å². The van der Waals surface area contributed by atoms with Crippen LogP contribution in [-0.2, 0) is 22.2 Å². The van der Waals surface area contributed by atoms with E-state index in [2.05, 4.69) is 71.8 Å². The van der Waals surface area contributed by atoms with Crippen LogP contribution in [0.3, 0.4) is 0 Å². The second kappa shape index (κ2) is 9.54. The van der Waals surface area contributed by atoms with E-state index in [1.807, 2.05) is 6.92 Å². The van der Waals surface area contributed by atoms with Crippen LogP contribution in [0, 0.1) is 3.57 Å². The summed E-state index contributed by atoms with van der Waals surface area (Å²) in [5, 5.41) is 0. The highest BCUT2D eigenvalue weighted by atomic mass is 127. The Morgan fingerprint density at radius 2 is 1.52 bits per heavy atom. The number of benzene rings is 2. The minimum Gasteiger partial charge on any atom is -0.716 e. The highest BCUT2D eigenvalue weighted by Crippen LogP contribution is 2.26. The van der Waals surface area contributed by atoms with E-state index < -0.39 is 10.4 Å². The van der Waals surface area contributed by atoms with Gasteiger partial charge in [-0.1, -0.05) is 52.0 Å². The molecule has 2 aromatic carbocycles. The van der Waals surface area contributed by atoms with Crippen molar-refractivity contribution < 1.29 is 17.2 Å². The quantitative estimate of drug-likeness (QED) is 0.344. The summed E-state index contributed by atoms with van der Waals surface area (Å²) >= 11 is 2.34. The van der Waals surface area contributed by atoms with Gasteiger partial charge in [-0.25, -0.2) is 8.42 Å². The minimum absolute atomic E-state index is 0.0483. The Labute approximate surface area is 164 Å². The number of hydrogen-bond acceptors (Lipinski definition) is 4. The fourth-order valence-corrected chi connectivity index (χ4v) is 2.71. The smallest absolute Gasteiger partial charge is 0.262 e. The van der Waals surface area contributed by atoms with Crippen molar-refractivity contribution in [2.24, 2.45) is 0 Å². The summed E-state index contributed by atoms with van der Waals surface area (Å²) in [5.74, 6) is 0.0483. The fraction of sp³-hybridized carbons (Fsp3) is 0.368. The zero-order valence-corrected chi connectivity index (χ0v) is 17.9. The molecule has 0 atom stereocenters. The van der Waals surface area contributed by atoms with E-state index in [9.17, 15) is 13.0 Å². The van der Waals surface area contributed by atoms with Gasteiger partial charge in [-0.3, -0.25) is 0 Å². The lowest BCUT2D eigenvalue weighted by Gasteiger charge is -2.23. The third-order valence-corrected chi connectivity index (χ3v) is 5.16. The van der Waals surface area contributed by atoms with Crippen LogP contribution < -0.4 is 4.18 Å². The molecule has 0 fully saturated rings. The van der Waals surface area contributed by atoms with Gasteiger partial charge in [0.1, 0.15) is 5.75 Å². The summed E-state index contributed by atoms with van der Waals surface area (Å²) in [6, 6.07) is 15.1. The van der Waals surface area contributed by atoms with Gasteiger partial charge < -0.3 is 8.74 Å². The molecule has 0 aliphatic carbocycles. The lowest BCUT2D eigenvalue weighted by molar-refractivity contribution is 0.372. The Bertz CT molecular complexity index is 751. The van der Waals surface area contributed by atoms with E-state index in [1.165, 1.54) is 27.7 Å². The first-order valence-electron chi connectivity index (χ1n) is 8.07. The molecule has 0 bridgehead atoms. The van der Waals surface area contributed by atoms with Crippen molar-refractivity contribution in [2.45, 2.75) is 46.0 Å². The summed E-state index contributed by atoms with van der Waals surface area (Å²) in [6.07, 6.45) is 2.04. The standard InChI is InChI=1S/C11H15I.C8H10O4S/c1-4-11(2,3)9-5-7-10(12)8-6-9;1-2-7-3-5-8(6-4-7)12-13(9,10)11/h5-8H,4H2,1-3H3;3-6H,2H2,1H3,(H,9,10,11)/p-1. The average molecular weight is 475 g/mol. The lowest BCUT2D eigenvalue weighted by atomic mass is 9.82. The van der Waals surface area contributed by atoms with Crippen LogP contribution in [0.4, 0.5) is 0 Å². The van der Waals surface area contributed by atoms with Gasteiger partial charge in [-0.15, -0.1) is 0 Å². The molecular weight excluding hydrogens is 451 g/mol. The van der Waals surface area contributed by atoms with Crippen molar-refractivity contribution in [1.29, 1.82) is 0 Å². The highest BCUT2D eigenvalue weighted by molar-refractivity contribution is 14.1. The van der Waals surface area contributed by atoms with Crippen molar-refractivity contribution in [1.82, 2.24) is 0 Å².